The number of hydrogen-bond donors (Lipinski definition) is 1. The van der Waals surface area contributed by atoms with E-state index >= 15 is 0 Å². The minimum Gasteiger partial charge on any atom is -0.476 e. The lowest BCUT2D eigenvalue weighted by Crippen LogP contribution is -2.26. The average Bonchev–Trinajstić information content (AvgIpc) is 3.13. The van der Waals surface area contributed by atoms with Gasteiger partial charge in [-0.25, -0.2) is 4.98 Å². The van der Waals surface area contributed by atoms with Crippen molar-refractivity contribution >= 4 is 0 Å². The van der Waals surface area contributed by atoms with Gasteiger partial charge in [0, 0.05) is 30.4 Å². The van der Waals surface area contributed by atoms with Gasteiger partial charge < -0.3 is 15.4 Å². The summed E-state index contributed by atoms with van der Waals surface area (Å²) in [6.07, 6.45) is 4.39. The zero-order chi connectivity index (χ0) is 12.3. The molecule has 0 amide bonds. The fraction of sp³-hybridized carbons (Fsp3) is 0.615. The quantitative estimate of drug-likeness (QED) is 0.813. The molecule has 0 radical (unpaired) electrons. The molecule has 1 aliphatic rings. The number of nitrogens with zero attached hydrogens (tertiary/aromatic N) is 2. The third-order valence-electron chi connectivity index (χ3n) is 3.14. The van der Waals surface area contributed by atoms with Crippen molar-refractivity contribution in [2.75, 3.05) is 20.2 Å². The maximum atomic E-state index is 5.87. The third-order valence-corrected chi connectivity index (χ3v) is 3.14. The molecule has 4 nitrogen and oxygen atoms in total. The molecule has 1 heterocycles. The first-order chi connectivity index (χ1) is 8.18. The average molecular weight is 235 g/mol. The first-order valence-corrected chi connectivity index (χ1v) is 6.22. The normalized spacial score (nSPS) is 17.2. The fourth-order valence-electron chi connectivity index (χ4n) is 1.85. The van der Waals surface area contributed by atoms with Gasteiger partial charge in [-0.15, -0.1) is 0 Å². The van der Waals surface area contributed by atoms with Crippen LogP contribution in [0.2, 0.25) is 0 Å². The second kappa shape index (κ2) is 5.47. The maximum Gasteiger partial charge on any atom is 0.218 e. The summed E-state index contributed by atoms with van der Waals surface area (Å²) in [6, 6.07) is 4.59. The molecule has 1 aromatic rings. The lowest BCUT2D eigenvalue weighted by atomic mass is 10.1. The standard InChI is InChI=1S/C13H21N3O/c1-10(14)12-4-3-7-15-13(12)17-9-8-16(2)11-5-6-11/h3-4,7,10-11H,5-6,8-9,14H2,1-2H3/t10-/m0/s1. The summed E-state index contributed by atoms with van der Waals surface area (Å²) in [7, 11) is 2.14. The van der Waals surface area contributed by atoms with Crippen LogP contribution in [0.5, 0.6) is 5.88 Å². The van der Waals surface area contributed by atoms with E-state index in [0.29, 0.717) is 12.5 Å². The zero-order valence-electron chi connectivity index (χ0n) is 10.6. The molecule has 0 aromatic carbocycles. The Labute approximate surface area is 103 Å². The van der Waals surface area contributed by atoms with Gasteiger partial charge in [0.25, 0.3) is 0 Å². The highest BCUT2D eigenvalue weighted by atomic mass is 16.5. The molecule has 0 bridgehead atoms. The van der Waals surface area contributed by atoms with Crippen molar-refractivity contribution in [3.8, 4) is 5.88 Å². The van der Waals surface area contributed by atoms with Crippen LogP contribution in [0, 0.1) is 0 Å². The van der Waals surface area contributed by atoms with Gasteiger partial charge in [-0.05, 0) is 32.9 Å². The van der Waals surface area contributed by atoms with Crippen molar-refractivity contribution in [1.82, 2.24) is 9.88 Å². The summed E-state index contributed by atoms with van der Waals surface area (Å²) in [6.45, 7) is 3.56. The number of likely N-dealkylation sites (N-methyl/N-ethyl adjacent to an activating group) is 1. The van der Waals surface area contributed by atoms with Crippen LogP contribution in [0.25, 0.3) is 0 Å². The van der Waals surface area contributed by atoms with E-state index in [-0.39, 0.29) is 6.04 Å². The van der Waals surface area contributed by atoms with E-state index in [4.69, 9.17) is 10.5 Å². The predicted molar refractivity (Wildman–Crippen MR) is 68.0 cm³/mol. The molecule has 0 unspecified atom stereocenters. The molecule has 1 aromatic heterocycles. The Morgan fingerprint density at radius 2 is 2.35 bits per heavy atom. The molecule has 94 valence electrons. The molecular formula is C13H21N3O. The topological polar surface area (TPSA) is 51.4 Å². The molecule has 0 spiro atoms. The number of rotatable bonds is 6. The third kappa shape index (κ3) is 3.41. The van der Waals surface area contributed by atoms with Gasteiger partial charge in [-0.3, -0.25) is 0 Å². The first-order valence-electron chi connectivity index (χ1n) is 6.22. The van der Waals surface area contributed by atoms with Crippen LogP contribution in [-0.4, -0.2) is 36.1 Å². The largest absolute Gasteiger partial charge is 0.476 e. The van der Waals surface area contributed by atoms with Gasteiger partial charge >= 0.3 is 0 Å². The summed E-state index contributed by atoms with van der Waals surface area (Å²) in [5.41, 5.74) is 6.85. The molecule has 17 heavy (non-hydrogen) atoms. The van der Waals surface area contributed by atoms with Crippen LogP contribution in [0.15, 0.2) is 18.3 Å². The monoisotopic (exact) mass is 235 g/mol. The van der Waals surface area contributed by atoms with Crippen LogP contribution in [-0.2, 0) is 0 Å². The van der Waals surface area contributed by atoms with Crippen LogP contribution < -0.4 is 10.5 Å². The van der Waals surface area contributed by atoms with E-state index in [1.165, 1.54) is 12.8 Å². The highest BCUT2D eigenvalue weighted by Crippen LogP contribution is 2.25. The summed E-state index contributed by atoms with van der Waals surface area (Å²) in [5, 5.41) is 0. The molecule has 2 N–H and O–H groups in total. The summed E-state index contributed by atoms with van der Waals surface area (Å²) in [4.78, 5) is 6.58. The van der Waals surface area contributed by atoms with E-state index in [1.54, 1.807) is 6.20 Å². The SMILES string of the molecule is C[C@H](N)c1cccnc1OCCN(C)C1CC1. The first kappa shape index (κ1) is 12.3. The van der Waals surface area contributed by atoms with Crippen LogP contribution in [0.4, 0.5) is 0 Å². The minimum atomic E-state index is -0.0418. The smallest absolute Gasteiger partial charge is 0.218 e. The summed E-state index contributed by atoms with van der Waals surface area (Å²) in [5.74, 6) is 0.673. The second-order valence-electron chi connectivity index (χ2n) is 4.75. The van der Waals surface area contributed by atoms with Gasteiger partial charge in [-0.2, -0.15) is 0 Å². The number of aromatic nitrogens is 1. The Hall–Kier alpha value is -1.13. The van der Waals surface area contributed by atoms with Gasteiger partial charge in [0.1, 0.15) is 6.61 Å². The van der Waals surface area contributed by atoms with Crippen molar-refractivity contribution < 1.29 is 4.74 Å². The van der Waals surface area contributed by atoms with Gasteiger partial charge in [0.05, 0.1) is 0 Å². The lowest BCUT2D eigenvalue weighted by molar-refractivity contribution is 0.224. The number of pyridine rings is 1. The molecule has 1 atom stereocenters. The molecular weight excluding hydrogens is 214 g/mol. The van der Waals surface area contributed by atoms with Gasteiger partial charge in [0.2, 0.25) is 5.88 Å². The van der Waals surface area contributed by atoms with E-state index in [2.05, 4.69) is 16.9 Å². The molecule has 1 saturated carbocycles. The molecule has 0 saturated heterocycles. The fourth-order valence-corrected chi connectivity index (χ4v) is 1.85. The number of ether oxygens (including phenoxy) is 1. The van der Waals surface area contributed by atoms with Crippen LogP contribution in [0.1, 0.15) is 31.4 Å². The lowest BCUT2D eigenvalue weighted by Gasteiger charge is -2.17. The van der Waals surface area contributed by atoms with Crippen molar-refractivity contribution in [2.45, 2.75) is 31.8 Å². The Morgan fingerprint density at radius 3 is 3.00 bits per heavy atom. The van der Waals surface area contributed by atoms with E-state index < -0.39 is 0 Å². The maximum absolute atomic E-state index is 5.87. The number of nitrogens with two attached hydrogens (primary N) is 1. The van der Waals surface area contributed by atoms with Gasteiger partial charge in [0.15, 0.2) is 0 Å². The van der Waals surface area contributed by atoms with Crippen molar-refractivity contribution in [3.63, 3.8) is 0 Å². The summed E-state index contributed by atoms with van der Waals surface area (Å²) < 4.78 is 5.71. The van der Waals surface area contributed by atoms with Crippen molar-refractivity contribution in [2.24, 2.45) is 5.73 Å². The minimum absolute atomic E-state index is 0.0418. The zero-order valence-corrected chi connectivity index (χ0v) is 10.6. The molecule has 1 fully saturated rings. The second-order valence-corrected chi connectivity index (χ2v) is 4.75. The summed E-state index contributed by atoms with van der Waals surface area (Å²) >= 11 is 0. The Kier molecular flexibility index (Phi) is 3.97. The Morgan fingerprint density at radius 1 is 1.59 bits per heavy atom. The van der Waals surface area contributed by atoms with Crippen LogP contribution in [0.3, 0.4) is 0 Å². The molecule has 0 aliphatic heterocycles. The molecule has 1 aliphatic carbocycles. The van der Waals surface area contributed by atoms with Crippen molar-refractivity contribution in [1.29, 1.82) is 0 Å². The van der Waals surface area contributed by atoms with E-state index in [9.17, 15) is 0 Å². The number of hydrogen-bond acceptors (Lipinski definition) is 4. The van der Waals surface area contributed by atoms with Gasteiger partial charge in [-0.1, -0.05) is 6.07 Å². The predicted octanol–water partition coefficient (Wildman–Crippen LogP) is 1.57. The van der Waals surface area contributed by atoms with E-state index in [1.807, 2.05) is 19.1 Å². The van der Waals surface area contributed by atoms with Crippen molar-refractivity contribution in [3.05, 3.63) is 23.9 Å². The highest BCUT2D eigenvalue weighted by molar-refractivity contribution is 5.28. The van der Waals surface area contributed by atoms with Crippen LogP contribution >= 0.6 is 0 Å². The highest BCUT2D eigenvalue weighted by Gasteiger charge is 2.25. The molecule has 4 heteroatoms. The Balaban J connectivity index is 1.85. The molecule has 2 rings (SSSR count). The van der Waals surface area contributed by atoms with E-state index in [0.717, 1.165) is 18.2 Å². The Bertz CT molecular complexity index is 363.